The van der Waals surface area contributed by atoms with Crippen molar-refractivity contribution in [1.82, 2.24) is 29.7 Å². The fourth-order valence-corrected chi connectivity index (χ4v) is 4.08. The first-order valence-corrected chi connectivity index (χ1v) is 10.1. The van der Waals surface area contributed by atoms with Gasteiger partial charge in [-0.05, 0) is 18.8 Å². The molecule has 3 rings (SSSR count). The maximum absolute atomic E-state index is 14.1. The van der Waals surface area contributed by atoms with Crippen LogP contribution in [0.2, 0.25) is 0 Å². The first-order valence-electron chi connectivity index (χ1n) is 10.1. The van der Waals surface area contributed by atoms with Crippen LogP contribution in [0.25, 0.3) is 0 Å². The average molecular weight is 408 g/mol. The van der Waals surface area contributed by atoms with E-state index in [9.17, 15) is 18.8 Å². The van der Waals surface area contributed by atoms with Gasteiger partial charge in [-0.3, -0.25) is 14.4 Å². The van der Waals surface area contributed by atoms with Crippen LogP contribution in [0.4, 0.5) is 4.39 Å². The summed E-state index contributed by atoms with van der Waals surface area (Å²) in [5, 5.41) is 7.84. The summed E-state index contributed by atoms with van der Waals surface area (Å²) in [6, 6.07) is -0.307. The van der Waals surface area contributed by atoms with Crippen LogP contribution in [-0.2, 0) is 16.1 Å². The molecule has 3 amide bonds. The number of likely N-dealkylation sites (tertiary alicyclic amines) is 2. The zero-order chi connectivity index (χ0) is 21.1. The van der Waals surface area contributed by atoms with Gasteiger partial charge in [-0.15, -0.1) is 5.10 Å². The highest BCUT2D eigenvalue weighted by Crippen LogP contribution is 2.27. The first-order chi connectivity index (χ1) is 13.7. The van der Waals surface area contributed by atoms with E-state index in [1.54, 1.807) is 30.8 Å². The van der Waals surface area contributed by atoms with E-state index >= 15 is 0 Å². The highest BCUT2D eigenvalue weighted by molar-refractivity contribution is 5.91. The SMILES string of the molecule is CC(=O)N1CCC(CC(=O)N2CC(F)CC2Cn2cc(C(=O)N(C)C)nn2)CC1. The number of carbonyl (C=O) groups is 3. The monoisotopic (exact) mass is 408 g/mol. The fraction of sp³-hybridized carbons (Fsp3) is 0.737. The molecule has 2 aliphatic rings. The number of hydrogen-bond acceptors (Lipinski definition) is 5. The van der Waals surface area contributed by atoms with Crippen molar-refractivity contribution in [2.45, 2.75) is 51.4 Å². The Morgan fingerprint density at radius 3 is 2.55 bits per heavy atom. The summed E-state index contributed by atoms with van der Waals surface area (Å²) in [6.45, 7) is 3.30. The minimum absolute atomic E-state index is 0.0545. The Morgan fingerprint density at radius 2 is 1.93 bits per heavy atom. The van der Waals surface area contributed by atoms with Crippen molar-refractivity contribution in [2.24, 2.45) is 5.92 Å². The number of rotatable bonds is 5. The van der Waals surface area contributed by atoms with Gasteiger partial charge in [-0.1, -0.05) is 5.21 Å². The second-order valence-electron chi connectivity index (χ2n) is 8.21. The van der Waals surface area contributed by atoms with E-state index in [1.165, 1.54) is 15.8 Å². The van der Waals surface area contributed by atoms with Gasteiger partial charge in [0.1, 0.15) is 6.17 Å². The quantitative estimate of drug-likeness (QED) is 0.710. The molecule has 160 valence electrons. The Bertz CT molecular complexity index is 759. The summed E-state index contributed by atoms with van der Waals surface area (Å²) in [7, 11) is 3.26. The van der Waals surface area contributed by atoms with E-state index < -0.39 is 6.17 Å². The molecule has 2 aliphatic heterocycles. The van der Waals surface area contributed by atoms with Gasteiger partial charge in [0.25, 0.3) is 5.91 Å². The Labute approximate surface area is 169 Å². The molecule has 0 aliphatic carbocycles. The van der Waals surface area contributed by atoms with Crippen molar-refractivity contribution in [2.75, 3.05) is 33.7 Å². The Balaban J connectivity index is 1.58. The van der Waals surface area contributed by atoms with E-state index in [1.807, 2.05) is 0 Å². The van der Waals surface area contributed by atoms with Crippen molar-refractivity contribution >= 4 is 17.7 Å². The van der Waals surface area contributed by atoms with Crippen LogP contribution < -0.4 is 0 Å². The molecule has 0 aromatic carbocycles. The lowest BCUT2D eigenvalue weighted by atomic mass is 9.93. The topological polar surface area (TPSA) is 91.6 Å². The van der Waals surface area contributed by atoms with E-state index in [-0.39, 0.29) is 48.3 Å². The average Bonchev–Trinajstić information content (AvgIpc) is 3.28. The molecule has 2 saturated heterocycles. The van der Waals surface area contributed by atoms with E-state index in [0.717, 1.165) is 12.8 Å². The minimum Gasteiger partial charge on any atom is -0.343 e. The maximum Gasteiger partial charge on any atom is 0.275 e. The van der Waals surface area contributed by atoms with Gasteiger partial charge >= 0.3 is 0 Å². The molecule has 0 spiro atoms. The van der Waals surface area contributed by atoms with Crippen LogP contribution in [0.15, 0.2) is 6.20 Å². The zero-order valence-electron chi connectivity index (χ0n) is 17.3. The van der Waals surface area contributed by atoms with Crippen molar-refractivity contribution in [3.63, 3.8) is 0 Å². The van der Waals surface area contributed by atoms with E-state index in [0.29, 0.717) is 26.1 Å². The normalized spacial score (nSPS) is 22.8. The second-order valence-corrected chi connectivity index (χ2v) is 8.21. The molecular weight excluding hydrogens is 379 g/mol. The predicted molar refractivity (Wildman–Crippen MR) is 103 cm³/mol. The Kier molecular flexibility index (Phi) is 6.49. The second kappa shape index (κ2) is 8.87. The molecule has 2 unspecified atom stereocenters. The van der Waals surface area contributed by atoms with E-state index in [2.05, 4.69) is 10.3 Å². The molecule has 3 heterocycles. The van der Waals surface area contributed by atoms with E-state index in [4.69, 9.17) is 0 Å². The van der Waals surface area contributed by atoms with Gasteiger partial charge in [0.15, 0.2) is 5.69 Å². The maximum atomic E-state index is 14.1. The lowest BCUT2D eigenvalue weighted by molar-refractivity contribution is -0.134. The molecule has 2 atom stereocenters. The molecule has 1 aromatic rings. The molecule has 0 N–H and O–H groups in total. The largest absolute Gasteiger partial charge is 0.343 e. The van der Waals surface area contributed by atoms with Crippen LogP contribution >= 0.6 is 0 Å². The molecule has 29 heavy (non-hydrogen) atoms. The number of hydrogen-bond donors (Lipinski definition) is 0. The molecule has 0 saturated carbocycles. The number of halogens is 1. The summed E-state index contributed by atoms with van der Waals surface area (Å²) in [5.74, 6) is -0.0280. The summed E-state index contributed by atoms with van der Waals surface area (Å²) in [5.41, 5.74) is 0.222. The third-order valence-corrected chi connectivity index (χ3v) is 5.77. The molecule has 0 radical (unpaired) electrons. The third kappa shape index (κ3) is 5.10. The van der Waals surface area contributed by atoms with Crippen LogP contribution in [0.5, 0.6) is 0 Å². The number of nitrogens with zero attached hydrogens (tertiary/aromatic N) is 6. The van der Waals surface area contributed by atoms with Crippen LogP contribution in [0, 0.1) is 5.92 Å². The van der Waals surface area contributed by atoms with Gasteiger partial charge in [-0.25, -0.2) is 9.07 Å². The van der Waals surface area contributed by atoms with Gasteiger partial charge in [0, 0.05) is 47.0 Å². The Hall–Kier alpha value is -2.52. The van der Waals surface area contributed by atoms with Gasteiger partial charge < -0.3 is 14.7 Å². The molecular formula is C19H29FN6O3. The summed E-state index contributed by atoms with van der Waals surface area (Å²) >= 11 is 0. The fourth-order valence-electron chi connectivity index (χ4n) is 4.08. The molecule has 0 bridgehead atoms. The molecule has 10 heteroatoms. The highest BCUT2D eigenvalue weighted by atomic mass is 19.1. The van der Waals surface area contributed by atoms with Gasteiger partial charge in [0.2, 0.25) is 11.8 Å². The van der Waals surface area contributed by atoms with Crippen LogP contribution in [0.3, 0.4) is 0 Å². The van der Waals surface area contributed by atoms with Gasteiger partial charge in [-0.2, -0.15) is 0 Å². The third-order valence-electron chi connectivity index (χ3n) is 5.77. The van der Waals surface area contributed by atoms with Crippen molar-refractivity contribution in [1.29, 1.82) is 0 Å². The number of amides is 3. The minimum atomic E-state index is -1.06. The number of carbonyl (C=O) groups excluding carboxylic acids is 3. The summed E-state index contributed by atoms with van der Waals surface area (Å²) in [4.78, 5) is 41.1. The highest BCUT2D eigenvalue weighted by Gasteiger charge is 2.37. The van der Waals surface area contributed by atoms with Crippen LogP contribution in [-0.4, -0.2) is 93.4 Å². The number of aromatic nitrogens is 3. The van der Waals surface area contributed by atoms with Gasteiger partial charge in [0.05, 0.1) is 25.3 Å². The predicted octanol–water partition coefficient (Wildman–Crippen LogP) is 0.568. The number of piperidine rings is 1. The Morgan fingerprint density at radius 1 is 1.24 bits per heavy atom. The summed E-state index contributed by atoms with van der Waals surface area (Å²) < 4.78 is 15.6. The summed E-state index contributed by atoms with van der Waals surface area (Å²) in [6.07, 6.45) is 2.69. The van der Waals surface area contributed by atoms with Crippen molar-refractivity contribution in [3.8, 4) is 0 Å². The molecule has 9 nitrogen and oxygen atoms in total. The molecule has 2 fully saturated rings. The standard InChI is InChI=1S/C19H29FN6O3/c1-13(27)24-6-4-14(5-7-24)8-18(28)26-10-15(20)9-16(26)11-25-12-17(21-22-25)19(29)23(2)3/h12,14-16H,4-11H2,1-3H3. The molecule has 1 aromatic heterocycles. The lowest BCUT2D eigenvalue weighted by Crippen LogP contribution is -2.41. The smallest absolute Gasteiger partial charge is 0.275 e. The van der Waals surface area contributed by atoms with Crippen LogP contribution in [0.1, 0.15) is 43.1 Å². The van der Waals surface area contributed by atoms with Crippen molar-refractivity contribution in [3.05, 3.63) is 11.9 Å². The zero-order valence-corrected chi connectivity index (χ0v) is 17.3. The first kappa shape index (κ1) is 21.2. The van der Waals surface area contributed by atoms with Crippen molar-refractivity contribution < 1.29 is 18.8 Å². The lowest BCUT2D eigenvalue weighted by Gasteiger charge is -2.32. The number of alkyl halides is 1.